The van der Waals surface area contributed by atoms with Gasteiger partial charge in [-0.3, -0.25) is 0 Å². The van der Waals surface area contributed by atoms with Crippen LogP contribution in [0.25, 0.3) is 0 Å². The van der Waals surface area contributed by atoms with Crippen molar-refractivity contribution in [3.63, 3.8) is 0 Å². The summed E-state index contributed by atoms with van der Waals surface area (Å²) in [6.45, 7) is 2.28. The summed E-state index contributed by atoms with van der Waals surface area (Å²) in [4.78, 5) is 0. The molecule has 4 nitrogen and oxygen atoms in total. The molecule has 0 saturated heterocycles. The van der Waals surface area contributed by atoms with Crippen LogP contribution in [0.15, 0.2) is 18.2 Å². The van der Waals surface area contributed by atoms with Gasteiger partial charge in [-0.05, 0) is 44.6 Å². The molecule has 1 aromatic carbocycles. The minimum Gasteiger partial charge on any atom is -0.310 e. The second kappa shape index (κ2) is 6.93. The monoisotopic (exact) mass is 292 g/mol. The van der Waals surface area contributed by atoms with Gasteiger partial charge in [0.05, 0.1) is 5.75 Å². The molecule has 0 aliphatic rings. The number of benzene rings is 1. The lowest BCUT2D eigenvalue weighted by atomic mass is 10.1. The summed E-state index contributed by atoms with van der Waals surface area (Å²) in [5.41, 5.74) is 0.621. The Bertz CT molecular complexity index is 520. The molecule has 0 heterocycles. The van der Waals surface area contributed by atoms with Crippen LogP contribution < -0.4 is 10.0 Å². The van der Waals surface area contributed by atoms with Crippen molar-refractivity contribution in [1.82, 2.24) is 10.0 Å². The number of sulfonamides is 1. The zero-order valence-corrected chi connectivity index (χ0v) is 11.7. The molecule has 0 aliphatic carbocycles. The van der Waals surface area contributed by atoms with Gasteiger partial charge in [0, 0.05) is 6.04 Å². The van der Waals surface area contributed by atoms with Gasteiger partial charge in [-0.25, -0.2) is 21.9 Å². The van der Waals surface area contributed by atoms with Crippen LogP contribution in [0.1, 0.15) is 24.9 Å². The van der Waals surface area contributed by atoms with E-state index in [-0.39, 0.29) is 11.8 Å². The Morgan fingerprint density at radius 2 is 1.95 bits per heavy atom. The fourth-order valence-corrected chi connectivity index (χ4v) is 2.31. The quantitative estimate of drug-likeness (QED) is 0.750. The topological polar surface area (TPSA) is 58.2 Å². The third-order valence-electron chi connectivity index (χ3n) is 2.80. The number of rotatable bonds is 7. The van der Waals surface area contributed by atoms with Crippen molar-refractivity contribution in [3.8, 4) is 0 Å². The van der Waals surface area contributed by atoms with Gasteiger partial charge in [0.15, 0.2) is 11.6 Å². The van der Waals surface area contributed by atoms with Crippen LogP contribution in [-0.4, -0.2) is 27.8 Å². The smallest absolute Gasteiger partial charge is 0.211 e. The fourth-order valence-electron chi connectivity index (χ4n) is 1.58. The maximum atomic E-state index is 13.0. The first-order valence-corrected chi connectivity index (χ1v) is 7.60. The summed E-state index contributed by atoms with van der Waals surface area (Å²) in [6, 6.07) is 3.54. The second-order valence-electron chi connectivity index (χ2n) is 4.23. The van der Waals surface area contributed by atoms with Crippen LogP contribution in [0.3, 0.4) is 0 Å². The third-order valence-corrected chi connectivity index (χ3v) is 4.24. The van der Waals surface area contributed by atoms with Gasteiger partial charge in [-0.2, -0.15) is 0 Å². The Hall–Kier alpha value is -1.05. The third kappa shape index (κ3) is 5.22. The normalized spacial score (nSPS) is 13.5. The predicted molar refractivity (Wildman–Crippen MR) is 70.2 cm³/mol. The average molecular weight is 292 g/mol. The van der Waals surface area contributed by atoms with Gasteiger partial charge in [-0.1, -0.05) is 6.07 Å². The van der Waals surface area contributed by atoms with Gasteiger partial charge >= 0.3 is 0 Å². The van der Waals surface area contributed by atoms with E-state index < -0.39 is 21.7 Å². The standard InChI is InChI=1S/C12H18F2N2O2S/c1-9(10-4-5-11(13)12(14)8-10)16-6-3-7-19(17,18)15-2/h4-5,8-9,15-16H,3,6-7H2,1-2H3/t9-/m1/s1. The van der Waals surface area contributed by atoms with E-state index in [0.29, 0.717) is 18.5 Å². The number of hydrogen-bond donors (Lipinski definition) is 2. The van der Waals surface area contributed by atoms with Crippen molar-refractivity contribution >= 4 is 10.0 Å². The Kier molecular flexibility index (Phi) is 5.84. The van der Waals surface area contributed by atoms with Crippen LogP contribution in [0, 0.1) is 11.6 Å². The molecule has 0 amide bonds. The SMILES string of the molecule is CNS(=O)(=O)CCCN[C@H](C)c1ccc(F)c(F)c1. The summed E-state index contributed by atoms with van der Waals surface area (Å²) in [6.07, 6.45) is 0.442. The Morgan fingerprint density at radius 1 is 1.26 bits per heavy atom. The van der Waals surface area contributed by atoms with Crippen molar-refractivity contribution in [3.05, 3.63) is 35.4 Å². The Balaban J connectivity index is 2.43. The van der Waals surface area contributed by atoms with Crippen LogP contribution in [0.4, 0.5) is 8.78 Å². The van der Waals surface area contributed by atoms with Gasteiger partial charge in [0.1, 0.15) is 0 Å². The Labute approximate surface area is 112 Å². The van der Waals surface area contributed by atoms with E-state index in [0.717, 1.165) is 12.1 Å². The van der Waals surface area contributed by atoms with Crippen molar-refractivity contribution < 1.29 is 17.2 Å². The number of nitrogens with one attached hydrogen (secondary N) is 2. The van der Waals surface area contributed by atoms with E-state index in [4.69, 9.17) is 0 Å². The molecule has 0 spiro atoms. The minimum atomic E-state index is -3.19. The summed E-state index contributed by atoms with van der Waals surface area (Å²) in [5, 5.41) is 3.06. The molecule has 1 aromatic rings. The van der Waals surface area contributed by atoms with E-state index in [1.807, 2.05) is 0 Å². The van der Waals surface area contributed by atoms with E-state index in [2.05, 4.69) is 10.0 Å². The van der Waals surface area contributed by atoms with Crippen LogP contribution >= 0.6 is 0 Å². The molecule has 0 aromatic heterocycles. The summed E-state index contributed by atoms with van der Waals surface area (Å²) in [7, 11) is -1.83. The minimum absolute atomic E-state index is 0.0288. The highest BCUT2D eigenvalue weighted by Crippen LogP contribution is 2.15. The van der Waals surface area contributed by atoms with Crippen molar-refractivity contribution in [2.24, 2.45) is 0 Å². The van der Waals surface area contributed by atoms with Crippen molar-refractivity contribution in [2.45, 2.75) is 19.4 Å². The second-order valence-corrected chi connectivity index (χ2v) is 6.27. The zero-order chi connectivity index (χ0) is 14.5. The van der Waals surface area contributed by atoms with Gasteiger partial charge < -0.3 is 5.32 Å². The van der Waals surface area contributed by atoms with Crippen LogP contribution in [0.2, 0.25) is 0 Å². The van der Waals surface area contributed by atoms with Gasteiger partial charge in [0.25, 0.3) is 0 Å². The molecular weight excluding hydrogens is 274 g/mol. The molecule has 1 rings (SSSR count). The molecule has 0 unspecified atom stereocenters. The molecule has 0 radical (unpaired) electrons. The van der Waals surface area contributed by atoms with Crippen molar-refractivity contribution in [2.75, 3.05) is 19.3 Å². The molecule has 1 atom stereocenters. The largest absolute Gasteiger partial charge is 0.310 e. The fraction of sp³-hybridized carbons (Fsp3) is 0.500. The number of hydrogen-bond acceptors (Lipinski definition) is 3. The molecule has 2 N–H and O–H groups in total. The zero-order valence-electron chi connectivity index (χ0n) is 10.9. The molecule has 0 bridgehead atoms. The summed E-state index contributed by atoms with van der Waals surface area (Å²) >= 11 is 0. The molecule has 19 heavy (non-hydrogen) atoms. The van der Waals surface area contributed by atoms with E-state index in [9.17, 15) is 17.2 Å². The lowest BCUT2D eigenvalue weighted by Crippen LogP contribution is -2.26. The first kappa shape index (κ1) is 16.0. The Morgan fingerprint density at radius 3 is 2.53 bits per heavy atom. The lowest BCUT2D eigenvalue weighted by Gasteiger charge is -2.14. The van der Waals surface area contributed by atoms with E-state index in [1.165, 1.54) is 13.1 Å². The number of halogens is 2. The molecule has 0 saturated carbocycles. The highest BCUT2D eigenvalue weighted by molar-refractivity contribution is 7.89. The van der Waals surface area contributed by atoms with Crippen LogP contribution in [0.5, 0.6) is 0 Å². The molecule has 7 heteroatoms. The first-order valence-electron chi connectivity index (χ1n) is 5.95. The van der Waals surface area contributed by atoms with Crippen molar-refractivity contribution in [1.29, 1.82) is 0 Å². The maximum Gasteiger partial charge on any atom is 0.211 e. The van der Waals surface area contributed by atoms with Gasteiger partial charge in [0.2, 0.25) is 10.0 Å². The molecule has 0 fully saturated rings. The highest BCUT2D eigenvalue weighted by Gasteiger charge is 2.10. The van der Waals surface area contributed by atoms with E-state index in [1.54, 1.807) is 6.92 Å². The van der Waals surface area contributed by atoms with Crippen LogP contribution in [-0.2, 0) is 10.0 Å². The summed E-state index contributed by atoms with van der Waals surface area (Å²) < 4.78 is 50.4. The molecule has 0 aliphatic heterocycles. The molecule has 108 valence electrons. The summed E-state index contributed by atoms with van der Waals surface area (Å²) in [5.74, 6) is -1.74. The highest BCUT2D eigenvalue weighted by atomic mass is 32.2. The maximum absolute atomic E-state index is 13.0. The van der Waals surface area contributed by atoms with Gasteiger partial charge in [-0.15, -0.1) is 0 Å². The lowest BCUT2D eigenvalue weighted by molar-refractivity contribution is 0.500. The first-order chi connectivity index (χ1) is 8.85. The predicted octanol–water partition coefficient (Wildman–Crippen LogP) is 1.55. The average Bonchev–Trinajstić information content (AvgIpc) is 2.37. The molecular formula is C12H18F2N2O2S. The van der Waals surface area contributed by atoms with E-state index >= 15 is 0 Å².